The minimum atomic E-state index is -0.100. The topological polar surface area (TPSA) is 54.9 Å². The van der Waals surface area contributed by atoms with E-state index in [4.69, 9.17) is 14.5 Å². The minimum absolute atomic E-state index is 0.100. The monoisotopic (exact) mass is 333 g/mol. The van der Waals surface area contributed by atoms with Crippen molar-refractivity contribution in [3.05, 3.63) is 23.8 Å². The second-order valence-electron chi connectivity index (χ2n) is 7.11. The van der Waals surface area contributed by atoms with E-state index in [2.05, 4.69) is 44.4 Å². The number of ether oxygens (including phenoxy) is 2. The van der Waals surface area contributed by atoms with Crippen LogP contribution in [0.2, 0.25) is 0 Å². The van der Waals surface area contributed by atoms with Crippen molar-refractivity contribution in [3.63, 3.8) is 0 Å². The number of nitrogens with one attached hydrogen (secondary N) is 2. The van der Waals surface area contributed by atoms with Gasteiger partial charge in [-0.2, -0.15) is 0 Å². The Morgan fingerprint density at radius 1 is 1.25 bits per heavy atom. The summed E-state index contributed by atoms with van der Waals surface area (Å²) >= 11 is 0. The summed E-state index contributed by atoms with van der Waals surface area (Å²) in [6, 6.07) is 6.64. The van der Waals surface area contributed by atoms with Gasteiger partial charge in [0.2, 0.25) is 0 Å². The molecule has 2 atom stereocenters. The fourth-order valence-corrected chi connectivity index (χ4v) is 2.64. The second kappa shape index (κ2) is 7.77. The van der Waals surface area contributed by atoms with Gasteiger partial charge >= 0.3 is 0 Å². The molecule has 5 nitrogen and oxygen atoms in total. The van der Waals surface area contributed by atoms with Crippen LogP contribution >= 0.6 is 0 Å². The van der Waals surface area contributed by atoms with Crippen LogP contribution in [0.15, 0.2) is 23.2 Å². The summed E-state index contributed by atoms with van der Waals surface area (Å²) in [6.07, 6.45) is 1.23. The van der Waals surface area contributed by atoms with Crippen LogP contribution in [-0.4, -0.2) is 39.3 Å². The van der Waals surface area contributed by atoms with Gasteiger partial charge in [0.25, 0.3) is 0 Å². The molecule has 1 aromatic rings. The summed E-state index contributed by atoms with van der Waals surface area (Å²) in [5.74, 6) is 3.15. The Hall–Kier alpha value is -1.91. The molecule has 0 amide bonds. The van der Waals surface area contributed by atoms with E-state index in [-0.39, 0.29) is 5.41 Å². The number of benzene rings is 1. The van der Waals surface area contributed by atoms with Crippen LogP contribution in [0.1, 0.15) is 39.7 Å². The number of hydrogen-bond acceptors (Lipinski definition) is 3. The molecule has 24 heavy (non-hydrogen) atoms. The first-order valence-corrected chi connectivity index (χ1v) is 8.68. The predicted octanol–water partition coefficient (Wildman–Crippen LogP) is 2.94. The van der Waals surface area contributed by atoms with Crippen LogP contribution in [0.4, 0.5) is 0 Å². The first-order valence-electron chi connectivity index (χ1n) is 8.68. The molecule has 0 saturated heterocycles. The highest BCUT2D eigenvalue weighted by molar-refractivity contribution is 5.80. The molecule has 2 N–H and O–H groups in total. The van der Waals surface area contributed by atoms with Crippen LogP contribution in [0, 0.1) is 5.92 Å². The number of nitrogens with zero attached hydrogens (tertiary/aromatic N) is 1. The molecule has 0 heterocycles. The van der Waals surface area contributed by atoms with Gasteiger partial charge in [0, 0.05) is 18.0 Å². The highest BCUT2D eigenvalue weighted by Gasteiger charge is 2.33. The molecule has 134 valence electrons. The van der Waals surface area contributed by atoms with E-state index in [1.54, 1.807) is 14.2 Å². The smallest absolute Gasteiger partial charge is 0.191 e. The molecule has 1 aliphatic carbocycles. The van der Waals surface area contributed by atoms with E-state index in [0.29, 0.717) is 12.6 Å². The zero-order valence-corrected chi connectivity index (χ0v) is 15.8. The lowest BCUT2D eigenvalue weighted by Crippen LogP contribution is -2.40. The van der Waals surface area contributed by atoms with E-state index >= 15 is 0 Å². The molecule has 1 aromatic carbocycles. The Bertz CT molecular complexity index is 584. The van der Waals surface area contributed by atoms with Gasteiger partial charge in [0.1, 0.15) is 0 Å². The SMILES string of the molecule is CCNC(=NCC(C)(C)c1ccc(OC)c(OC)c1)NC1CC1C. The van der Waals surface area contributed by atoms with Gasteiger partial charge < -0.3 is 20.1 Å². The van der Waals surface area contributed by atoms with Crippen molar-refractivity contribution in [2.24, 2.45) is 10.9 Å². The molecule has 0 aliphatic heterocycles. The molecular weight excluding hydrogens is 302 g/mol. The Morgan fingerprint density at radius 3 is 2.46 bits per heavy atom. The predicted molar refractivity (Wildman–Crippen MR) is 99.3 cm³/mol. The molecule has 0 spiro atoms. The van der Waals surface area contributed by atoms with Gasteiger partial charge in [-0.1, -0.05) is 26.8 Å². The number of hydrogen-bond donors (Lipinski definition) is 2. The lowest BCUT2D eigenvalue weighted by atomic mass is 9.84. The lowest BCUT2D eigenvalue weighted by Gasteiger charge is -2.25. The van der Waals surface area contributed by atoms with Crippen molar-refractivity contribution < 1.29 is 9.47 Å². The van der Waals surface area contributed by atoms with Crippen LogP contribution in [0.25, 0.3) is 0 Å². The van der Waals surface area contributed by atoms with E-state index in [1.165, 1.54) is 12.0 Å². The number of methoxy groups -OCH3 is 2. The van der Waals surface area contributed by atoms with Crippen LogP contribution in [0.3, 0.4) is 0 Å². The average molecular weight is 333 g/mol. The third kappa shape index (κ3) is 4.56. The molecule has 2 unspecified atom stereocenters. The highest BCUT2D eigenvalue weighted by Crippen LogP contribution is 2.33. The number of guanidine groups is 1. The van der Waals surface area contributed by atoms with Crippen molar-refractivity contribution in [2.45, 2.75) is 45.6 Å². The normalized spacial score (nSPS) is 20.5. The standard InChI is InChI=1S/C19H31N3O2/c1-7-20-18(22-15-10-13(15)2)21-12-19(3,4)14-8-9-16(23-5)17(11-14)24-6/h8-9,11,13,15H,7,10,12H2,1-6H3,(H2,20,21,22). The molecule has 1 fully saturated rings. The third-order valence-corrected chi connectivity index (χ3v) is 4.57. The maximum atomic E-state index is 5.42. The molecule has 1 aliphatic rings. The lowest BCUT2D eigenvalue weighted by molar-refractivity contribution is 0.353. The molecule has 1 saturated carbocycles. The number of rotatable bonds is 7. The third-order valence-electron chi connectivity index (χ3n) is 4.57. The fourth-order valence-electron chi connectivity index (χ4n) is 2.64. The first kappa shape index (κ1) is 18.4. The van der Waals surface area contributed by atoms with Crippen LogP contribution in [0.5, 0.6) is 11.5 Å². The zero-order valence-electron chi connectivity index (χ0n) is 15.8. The Kier molecular flexibility index (Phi) is 5.97. The summed E-state index contributed by atoms with van der Waals surface area (Å²) in [4.78, 5) is 4.80. The maximum absolute atomic E-state index is 5.42. The Labute approximate surface area is 145 Å². The summed E-state index contributed by atoms with van der Waals surface area (Å²) in [5, 5.41) is 6.83. The Balaban J connectivity index is 2.11. The minimum Gasteiger partial charge on any atom is -0.493 e. The van der Waals surface area contributed by atoms with Gasteiger partial charge in [0.05, 0.1) is 20.8 Å². The van der Waals surface area contributed by atoms with Crippen LogP contribution in [-0.2, 0) is 5.41 Å². The molecule has 0 radical (unpaired) electrons. The first-order chi connectivity index (χ1) is 11.4. The number of aliphatic imine (C=N–C) groups is 1. The summed E-state index contributed by atoms with van der Waals surface area (Å²) in [6.45, 7) is 10.3. The van der Waals surface area contributed by atoms with Gasteiger partial charge in [-0.25, -0.2) is 0 Å². The van der Waals surface area contributed by atoms with E-state index in [9.17, 15) is 0 Å². The van der Waals surface area contributed by atoms with Gasteiger partial charge in [-0.15, -0.1) is 0 Å². The summed E-state index contributed by atoms with van der Waals surface area (Å²) < 4.78 is 10.7. The second-order valence-corrected chi connectivity index (χ2v) is 7.11. The zero-order chi connectivity index (χ0) is 17.7. The Morgan fingerprint density at radius 2 is 1.92 bits per heavy atom. The highest BCUT2D eigenvalue weighted by atomic mass is 16.5. The summed E-state index contributed by atoms with van der Waals surface area (Å²) in [7, 11) is 3.32. The molecule has 2 rings (SSSR count). The van der Waals surface area contributed by atoms with Crippen molar-refractivity contribution in [1.29, 1.82) is 0 Å². The van der Waals surface area contributed by atoms with Gasteiger partial charge in [0.15, 0.2) is 17.5 Å². The maximum Gasteiger partial charge on any atom is 0.191 e. The van der Waals surface area contributed by atoms with Crippen LogP contribution < -0.4 is 20.1 Å². The van der Waals surface area contributed by atoms with E-state index < -0.39 is 0 Å². The van der Waals surface area contributed by atoms with Crippen molar-refractivity contribution in [1.82, 2.24) is 10.6 Å². The molecule has 0 aromatic heterocycles. The summed E-state index contributed by atoms with van der Waals surface area (Å²) in [5.41, 5.74) is 1.08. The van der Waals surface area contributed by atoms with E-state index in [1.807, 2.05) is 12.1 Å². The largest absolute Gasteiger partial charge is 0.493 e. The quantitative estimate of drug-likeness (QED) is 0.595. The van der Waals surface area contributed by atoms with Crippen molar-refractivity contribution in [2.75, 3.05) is 27.3 Å². The van der Waals surface area contributed by atoms with Gasteiger partial charge in [-0.3, -0.25) is 4.99 Å². The van der Waals surface area contributed by atoms with Crippen molar-refractivity contribution in [3.8, 4) is 11.5 Å². The van der Waals surface area contributed by atoms with Gasteiger partial charge in [-0.05, 0) is 37.0 Å². The molecule has 5 heteroatoms. The molecule has 0 bridgehead atoms. The van der Waals surface area contributed by atoms with E-state index in [0.717, 1.165) is 29.9 Å². The average Bonchev–Trinajstić information content (AvgIpc) is 3.27. The van der Waals surface area contributed by atoms with Crippen molar-refractivity contribution >= 4 is 5.96 Å². The fraction of sp³-hybridized carbons (Fsp3) is 0.632. The molecular formula is C19H31N3O2.